The van der Waals surface area contributed by atoms with Crippen LogP contribution in [0.1, 0.15) is 31.0 Å². The summed E-state index contributed by atoms with van der Waals surface area (Å²) < 4.78 is 12.9. The van der Waals surface area contributed by atoms with E-state index in [1.54, 1.807) is 55.5 Å². The van der Waals surface area contributed by atoms with Crippen molar-refractivity contribution in [3.63, 3.8) is 0 Å². The Morgan fingerprint density at radius 1 is 1.21 bits per heavy atom. The number of fused-ring (bicyclic) bond motifs is 1. The van der Waals surface area contributed by atoms with Crippen LogP contribution in [0.4, 0.5) is 0 Å². The first-order valence-corrected chi connectivity index (χ1v) is 12.0. The molecular formula is C24H18BrClN2O5S. The van der Waals surface area contributed by atoms with E-state index in [0.717, 1.165) is 4.47 Å². The molecule has 174 valence electrons. The van der Waals surface area contributed by atoms with E-state index in [4.69, 9.17) is 21.1 Å². The quantitative estimate of drug-likeness (QED) is 0.358. The summed E-state index contributed by atoms with van der Waals surface area (Å²) in [6, 6.07) is 11.3. The minimum Gasteiger partial charge on any atom is -0.466 e. The molecule has 0 spiro atoms. The van der Waals surface area contributed by atoms with Crippen molar-refractivity contribution >= 4 is 56.9 Å². The summed E-state index contributed by atoms with van der Waals surface area (Å²) >= 11 is 10.6. The summed E-state index contributed by atoms with van der Waals surface area (Å²) in [7, 11) is 1.29. The van der Waals surface area contributed by atoms with Gasteiger partial charge in [0.15, 0.2) is 4.80 Å². The molecule has 4 rings (SSSR count). The molecule has 0 amide bonds. The molecule has 0 radical (unpaired) electrons. The maximum absolute atomic E-state index is 13.6. The van der Waals surface area contributed by atoms with Gasteiger partial charge in [-0.25, -0.2) is 9.79 Å². The molecule has 34 heavy (non-hydrogen) atoms. The van der Waals surface area contributed by atoms with E-state index in [1.165, 1.54) is 29.9 Å². The molecule has 0 saturated carbocycles. The second kappa shape index (κ2) is 9.69. The van der Waals surface area contributed by atoms with Crippen molar-refractivity contribution in [1.29, 1.82) is 0 Å². The van der Waals surface area contributed by atoms with E-state index in [9.17, 15) is 14.4 Å². The molecule has 7 nitrogen and oxygen atoms in total. The number of esters is 2. The van der Waals surface area contributed by atoms with Crippen LogP contribution in [0, 0.1) is 0 Å². The number of hydrogen-bond donors (Lipinski definition) is 0. The van der Waals surface area contributed by atoms with Crippen LogP contribution in [0.25, 0.3) is 6.08 Å². The SMILES string of the molecule is COC(=O)C1=C(C)N=c2s/c(=C\c3cc(Br)ccc3OC(C)=O)c(=O)n2[C@@H]1c1ccc(Cl)cc1. The summed E-state index contributed by atoms with van der Waals surface area (Å²) in [5.74, 6) is -0.721. The molecule has 1 aliphatic heterocycles. The number of allylic oxidation sites excluding steroid dienone is 1. The fourth-order valence-electron chi connectivity index (χ4n) is 3.67. The van der Waals surface area contributed by atoms with Crippen LogP contribution < -0.4 is 19.6 Å². The molecule has 10 heteroatoms. The summed E-state index contributed by atoms with van der Waals surface area (Å²) in [4.78, 5) is 42.8. The Bertz CT molecular complexity index is 1520. The van der Waals surface area contributed by atoms with E-state index < -0.39 is 18.0 Å². The standard InChI is InChI=1S/C24H18BrClN2O5S/c1-12-20(23(31)32-3)21(14-4-7-17(26)8-5-14)28-22(30)19(34-24(28)27-12)11-15-10-16(25)6-9-18(15)33-13(2)29/h4-11,21H,1-3H3/b19-11-/t21-/m1/s1. The van der Waals surface area contributed by atoms with Gasteiger partial charge in [0.1, 0.15) is 5.75 Å². The van der Waals surface area contributed by atoms with Gasteiger partial charge in [-0.05, 0) is 48.9 Å². The van der Waals surface area contributed by atoms with Crippen molar-refractivity contribution in [2.75, 3.05) is 7.11 Å². The molecule has 0 unspecified atom stereocenters. The molecule has 3 aromatic rings. The molecule has 1 aliphatic rings. The predicted octanol–water partition coefficient (Wildman–Crippen LogP) is 3.75. The van der Waals surface area contributed by atoms with Crippen molar-refractivity contribution < 1.29 is 19.1 Å². The lowest BCUT2D eigenvalue weighted by Gasteiger charge is -2.24. The van der Waals surface area contributed by atoms with Crippen LogP contribution in [0.15, 0.2) is 68.0 Å². The number of methoxy groups -OCH3 is 1. The molecule has 2 aromatic carbocycles. The predicted molar refractivity (Wildman–Crippen MR) is 133 cm³/mol. The second-order valence-electron chi connectivity index (χ2n) is 7.40. The summed E-state index contributed by atoms with van der Waals surface area (Å²) in [5.41, 5.74) is 1.62. The third kappa shape index (κ3) is 4.64. The fourth-order valence-corrected chi connectivity index (χ4v) is 5.22. The van der Waals surface area contributed by atoms with Gasteiger partial charge in [0, 0.05) is 22.0 Å². The van der Waals surface area contributed by atoms with Gasteiger partial charge in [0.25, 0.3) is 5.56 Å². The van der Waals surface area contributed by atoms with Crippen LogP contribution in [-0.2, 0) is 14.3 Å². The maximum atomic E-state index is 13.6. The largest absolute Gasteiger partial charge is 0.466 e. The van der Waals surface area contributed by atoms with Crippen molar-refractivity contribution in [2.24, 2.45) is 4.99 Å². The first kappa shape index (κ1) is 24.1. The van der Waals surface area contributed by atoms with Gasteiger partial charge in [-0.15, -0.1) is 0 Å². The van der Waals surface area contributed by atoms with Crippen LogP contribution in [0.3, 0.4) is 0 Å². The van der Waals surface area contributed by atoms with Crippen LogP contribution in [-0.4, -0.2) is 23.6 Å². The second-order valence-corrected chi connectivity index (χ2v) is 9.76. The highest BCUT2D eigenvalue weighted by atomic mass is 79.9. The number of aromatic nitrogens is 1. The highest BCUT2D eigenvalue weighted by molar-refractivity contribution is 9.10. The van der Waals surface area contributed by atoms with Gasteiger partial charge in [0.2, 0.25) is 0 Å². The normalized spacial score (nSPS) is 15.6. The Morgan fingerprint density at radius 3 is 2.56 bits per heavy atom. The van der Waals surface area contributed by atoms with Gasteiger partial charge >= 0.3 is 11.9 Å². The molecule has 2 heterocycles. The first-order valence-electron chi connectivity index (χ1n) is 10.0. The number of carbonyl (C=O) groups is 2. The fraction of sp³-hybridized carbons (Fsp3) is 0.167. The van der Waals surface area contributed by atoms with Crippen molar-refractivity contribution in [2.45, 2.75) is 19.9 Å². The van der Waals surface area contributed by atoms with E-state index in [1.807, 2.05) is 0 Å². The molecule has 0 aliphatic carbocycles. The lowest BCUT2D eigenvalue weighted by atomic mass is 9.96. The highest BCUT2D eigenvalue weighted by Gasteiger charge is 2.33. The monoisotopic (exact) mass is 560 g/mol. The Labute approximate surface area is 211 Å². The van der Waals surface area contributed by atoms with Crippen LogP contribution >= 0.6 is 38.9 Å². The van der Waals surface area contributed by atoms with E-state index in [2.05, 4.69) is 20.9 Å². The topological polar surface area (TPSA) is 87.0 Å². The van der Waals surface area contributed by atoms with E-state index in [-0.39, 0.29) is 11.1 Å². The number of rotatable bonds is 4. The lowest BCUT2D eigenvalue weighted by molar-refractivity contribution is -0.136. The van der Waals surface area contributed by atoms with E-state index in [0.29, 0.717) is 36.9 Å². The Balaban J connectivity index is 1.97. The maximum Gasteiger partial charge on any atom is 0.338 e. The zero-order valence-corrected chi connectivity index (χ0v) is 21.5. The average molecular weight is 562 g/mol. The minimum absolute atomic E-state index is 0.270. The van der Waals surface area contributed by atoms with Gasteiger partial charge < -0.3 is 9.47 Å². The molecule has 0 fully saturated rings. The smallest absolute Gasteiger partial charge is 0.338 e. The third-order valence-electron chi connectivity index (χ3n) is 5.12. The van der Waals surface area contributed by atoms with Crippen molar-refractivity contribution in [1.82, 2.24) is 4.57 Å². The molecule has 1 aromatic heterocycles. The number of ether oxygens (including phenoxy) is 2. The molecule has 0 saturated heterocycles. The van der Waals surface area contributed by atoms with Gasteiger partial charge in [0.05, 0.1) is 29.0 Å². The van der Waals surface area contributed by atoms with Gasteiger partial charge in [-0.3, -0.25) is 14.2 Å². The van der Waals surface area contributed by atoms with Crippen LogP contribution in [0.2, 0.25) is 5.02 Å². The van der Waals surface area contributed by atoms with Gasteiger partial charge in [-0.2, -0.15) is 0 Å². The number of nitrogens with zero attached hydrogens (tertiary/aromatic N) is 2. The number of benzene rings is 2. The zero-order valence-electron chi connectivity index (χ0n) is 18.3. The average Bonchev–Trinajstić information content (AvgIpc) is 3.09. The first-order chi connectivity index (χ1) is 16.2. The molecule has 0 bridgehead atoms. The zero-order chi connectivity index (χ0) is 24.6. The van der Waals surface area contributed by atoms with E-state index >= 15 is 0 Å². The van der Waals surface area contributed by atoms with Crippen LogP contribution in [0.5, 0.6) is 5.75 Å². The Morgan fingerprint density at radius 2 is 1.91 bits per heavy atom. The number of carbonyl (C=O) groups excluding carboxylic acids is 2. The van der Waals surface area contributed by atoms with Crippen molar-refractivity contribution in [3.05, 3.63) is 94.0 Å². The summed E-state index contributed by atoms with van der Waals surface area (Å²) in [5, 5.41) is 0.532. The molecule has 0 N–H and O–H groups in total. The van der Waals surface area contributed by atoms with Gasteiger partial charge in [-0.1, -0.05) is 51.0 Å². The Hall–Kier alpha value is -3.01. The number of halogens is 2. The molecule has 1 atom stereocenters. The lowest BCUT2D eigenvalue weighted by Crippen LogP contribution is -2.39. The number of hydrogen-bond acceptors (Lipinski definition) is 7. The minimum atomic E-state index is -0.737. The third-order valence-corrected chi connectivity index (χ3v) is 6.85. The highest BCUT2D eigenvalue weighted by Crippen LogP contribution is 2.31. The van der Waals surface area contributed by atoms with Crippen molar-refractivity contribution in [3.8, 4) is 5.75 Å². The Kier molecular flexibility index (Phi) is 6.88. The summed E-state index contributed by atoms with van der Waals surface area (Å²) in [6.45, 7) is 3.02. The number of thiazole rings is 1. The molecular weight excluding hydrogens is 544 g/mol. The summed E-state index contributed by atoms with van der Waals surface area (Å²) in [6.07, 6.45) is 1.64.